The first-order valence-corrected chi connectivity index (χ1v) is 14.8. The van der Waals surface area contributed by atoms with Gasteiger partial charge >= 0.3 is 0 Å². The minimum atomic E-state index is -1.70. The van der Waals surface area contributed by atoms with E-state index in [0.717, 1.165) is 63.6 Å². The van der Waals surface area contributed by atoms with Crippen LogP contribution in [0.1, 0.15) is 59.4 Å². The SMILES string of the molecule is C=C(C)N.CC.CCC(C)/C=C\CCNCc1ccc(N2CCN(CC3=CC(C(O)C(O)O)CC=C3)CC2)nc1. The fourth-order valence-corrected chi connectivity index (χ4v) is 4.32. The predicted molar refractivity (Wildman–Crippen MR) is 168 cm³/mol. The maximum absolute atomic E-state index is 9.95. The molecule has 0 spiro atoms. The van der Waals surface area contributed by atoms with E-state index < -0.39 is 12.4 Å². The fraction of sp³-hybridized carbons (Fsp3) is 0.594. The lowest BCUT2D eigenvalue weighted by Gasteiger charge is -2.36. The van der Waals surface area contributed by atoms with Crippen LogP contribution in [0.25, 0.3) is 0 Å². The number of aliphatic hydroxyl groups excluding tert-OH is 2. The van der Waals surface area contributed by atoms with Crippen molar-refractivity contribution in [2.45, 2.75) is 72.8 Å². The molecule has 0 aromatic carbocycles. The van der Waals surface area contributed by atoms with Crippen molar-refractivity contribution >= 4 is 5.82 Å². The highest BCUT2D eigenvalue weighted by Gasteiger charge is 2.25. The zero-order valence-corrected chi connectivity index (χ0v) is 25.5. The van der Waals surface area contributed by atoms with Gasteiger partial charge in [-0.25, -0.2) is 4.98 Å². The highest BCUT2D eigenvalue weighted by Crippen LogP contribution is 2.23. The van der Waals surface area contributed by atoms with E-state index in [1.807, 2.05) is 32.2 Å². The Labute approximate surface area is 243 Å². The lowest BCUT2D eigenvalue weighted by molar-refractivity contribution is -0.134. The minimum Gasteiger partial charge on any atom is -0.403 e. The molecule has 1 aromatic heterocycles. The molecule has 0 radical (unpaired) electrons. The van der Waals surface area contributed by atoms with Crippen molar-refractivity contribution in [3.05, 3.63) is 72.1 Å². The van der Waals surface area contributed by atoms with Crippen LogP contribution in [0.5, 0.6) is 0 Å². The molecule has 0 bridgehead atoms. The van der Waals surface area contributed by atoms with Gasteiger partial charge in [-0.3, -0.25) is 4.90 Å². The summed E-state index contributed by atoms with van der Waals surface area (Å²) < 4.78 is 0. The molecule has 0 saturated carbocycles. The third-order valence-corrected chi connectivity index (χ3v) is 6.75. The molecular weight excluding hydrogens is 502 g/mol. The Morgan fingerprint density at radius 2 is 1.88 bits per heavy atom. The van der Waals surface area contributed by atoms with E-state index >= 15 is 0 Å². The maximum atomic E-state index is 9.95. The number of nitrogens with zero attached hydrogens (tertiary/aromatic N) is 3. The van der Waals surface area contributed by atoms with Gasteiger partial charge in [0, 0.05) is 51.4 Å². The van der Waals surface area contributed by atoms with Gasteiger partial charge in [0.15, 0.2) is 6.29 Å². The smallest absolute Gasteiger partial charge is 0.178 e. The number of nitrogens with one attached hydrogen (secondary N) is 1. The number of rotatable bonds is 12. The molecule has 1 aliphatic carbocycles. The zero-order valence-electron chi connectivity index (χ0n) is 25.5. The highest BCUT2D eigenvalue weighted by molar-refractivity contribution is 5.40. The summed E-state index contributed by atoms with van der Waals surface area (Å²) in [6.45, 7) is 19.9. The first-order chi connectivity index (χ1) is 19.2. The summed E-state index contributed by atoms with van der Waals surface area (Å²) in [5, 5.41) is 32.0. The Morgan fingerprint density at radius 3 is 2.45 bits per heavy atom. The maximum Gasteiger partial charge on any atom is 0.178 e. The van der Waals surface area contributed by atoms with Crippen molar-refractivity contribution < 1.29 is 15.3 Å². The Bertz CT molecular complexity index is 902. The van der Waals surface area contributed by atoms with E-state index in [0.29, 0.717) is 18.0 Å². The number of pyridine rings is 1. The third kappa shape index (κ3) is 14.2. The molecule has 40 heavy (non-hydrogen) atoms. The third-order valence-electron chi connectivity index (χ3n) is 6.75. The van der Waals surface area contributed by atoms with Crippen molar-refractivity contribution in [1.82, 2.24) is 15.2 Å². The number of aromatic nitrogens is 1. The summed E-state index contributed by atoms with van der Waals surface area (Å²) in [5.74, 6) is 1.43. The van der Waals surface area contributed by atoms with Crippen LogP contribution < -0.4 is 16.0 Å². The van der Waals surface area contributed by atoms with Crippen LogP contribution in [0.3, 0.4) is 0 Å². The van der Waals surface area contributed by atoms with Gasteiger partial charge in [-0.05, 0) is 55.1 Å². The quantitative estimate of drug-likeness (QED) is 0.149. The summed E-state index contributed by atoms with van der Waals surface area (Å²) >= 11 is 0. The second-order valence-corrected chi connectivity index (χ2v) is 10.4. The van der Waals surface area contributed by atoms with Crippen molar-refractivity contribution in [2.75, 3.05) is 44.2 Å². The molecular formula is C32H55N5O3. The molecule has 0 amide bonds. The minimum absolute atomic E-state index is 0.250. The number of piperazine rings is 1. The number of nitrogens with two attached hydrogens (primary N) is 1. The molecule has 1 fully saturated rings. The first kappa shape index (κ1) is 35.5. The van der Waals surface area contributed by atoms with E-state index in [2.05, 4.69) is 65.9 Å². The van der Waals surface area contributed by atoms with Crippen LogP contribution in [-0.4, -0.2) is 76.9 Å². The van der Waals surface area contributed by atoms with Gasteiger partial charge in [0.2, 0.25) is 0 Å². The van der Waals surface area contributed by atoms with Crippen LogP contribution in [-0.2, 0) is 6.54 Å². The van der Waals surface area contributed by atoms with Crippen LogP contribution in [0.4, 0.5) is 5.82 Å². The molecule has 1 saturated heterocycles. The standard InChI is InChI=1S/C27H42N4O3.C3H7N.C2H6/c1-3-21(2)7-4-5-12-28-18-23-10-11-25(29-19-23)31-15-13-30(14-16-31)20-22-8-6-9-24(17-22)26(32)27(33)34;1-3(2)4;1-2/h4,6-8,10-11,17,19,21,24,26-28,32-34H,3,5,9,12-16,18,20H2,1-2H3;1,4H2,2H3;1-2H3/b7-4-;;. The molecule has 1 aliphatic heterocycles. The Morgan fingerprint density at radius 1 is 1.20 bits per heavy atom. The van der Waals surface area contributed by atoms with E-state index in [9.17, 15) is 15.3 Å². The van der Waals surface area contributed by atoms with Gasteiger partial charge in [0.25, 0.3) is 0 Å². The van der Waals surface area contributed by atoms with Crippen molar-refractivity contribution in [1.29, 1.82) is 0 Å². The summed E-state index contributed by atoms with van der Waals surface area (Å²) in [6.07, 6.45) is 12.6. The highest BCUT2D eigenvalue weighted by atomic mass is 16.5. The first-order valence-electron chi connectivity index (χ1n) is 14.8. The lowest BCUT2D eigenvalue weighted by atomic mass is 9.90. The van der Waals surface area contributed by atoms with Crippen LogP contribution in [0, 0.1) is 11.8 Å². The molecule has 6 N–H and O–H groups in total. The molecule has 8 heteroatoms. The Kier molecular flexibility index (Phi) is 18.1. The van der Waals surface area contributed by atoms with Crippen LogP contribution in [0.15, 0.2) is 66.6 Å². The van der Waals surface area contributed by atoms with Crippen LogP contribution in [0.2, 0.25) is 0 Å². The summed E-state index contributed by atoms with van der Waals surface area (Å²) in [4.78, 5) is 9.41. The Hall–Kier alpha value is -2.49. The average molecular weight is 558 g/mol. The van der Waals surface area contributed by atoms with E-state index in [1.165, 1.54) is 12.0 Å². The topological polar surface area (TPSA) is 118 Å². The van der Waals surface area contributed by atoms with Gasteiger partial charge < -0.3 is 31.3 Å². The lowest BCUT2D eigenvalue weighted by Crippen LogP contribution is -2.47. The number of hydrogen-bond acceptors (Lipinski definition) is 8. The van der Waals surface area contributed by atoms with Crippen molar-refractivity contribution in [3.63, 3.8) is 0 Å². The molecule has 2 aliphatic rings. The molecule has 3 rings (SSSR count). The normalized spacial score (nSPS) is 18.9. The molecule has 8 nitrogen and oxygen atoms in total. The fourth-order valence-electron chi connectivity index (χ4n) is 4.32. The number of hydrogen-bond donors (Lipinski definition) is 5. The summed E-state index contributed by atoms with van der Waals surface area (Å²) in [6, 6.07) is 4.28. The second-order valence-electron chi connectivity index (χ2n) is 10.4. The number of allylic oxidation sites excluding steroid dienone is 3. The van der Waals surface area contributed by atoms with Gasteiger partial charge in [-0.15, -0.1) is 0 Å². The van der Waals surface area contributed by atoms with Gasteiger partial charge in [-0.1, -0.05) is 77.1 Å². The number of anilines is 1. The molecule has 3 atom stereocenters. The predicted octanol–water partition coefficient (Wildman–Crippen LogP) is 3.96. The van der Waals surface area contributed by atoms with Gasteiger partial charge in [0.05, 0.1) is 0 Å². The van der Waals surface area contributed by atoms with Crippen molar-refractivity contribution in [2.24, 2.45) is 17.6 Å². The van der Waals surface area contributed by atoms with E-state index in [-0.39, 0.29) is 5.92 Å². The zero-order chi connectivity index (χ0) is 29.9. The second kappa shape index (κ2) is 20.4. The molecule has 3 unspecified atom stereocenters. The van der Waals surface area contributed by atoms with Gasteiger partial charge in [-0.2, -0.15) is 0 Å². The van der Waals surface area contributed by atoms with Crippen molar-refractivity contribution in [3.8, 4) is 0 Å². The summed E-state index contributed by atoms with van der Waals surface area (Å²) in [7, 11) is 0. The van der Waals surface area contributed by atoms with Gasteiger partial charge in [0.1, 0.15) is 11.9 Å². The summed E-state index contributed by atoms with van der Waals surface area (Å²) in [5.41, 5.74) is 7.91. The largest absolute Gasteiger partial charge is 0.403 e. The molecule has 2 heterocycles. The molecule has 226 valence electrons. The Balaban J connectivity index is 0.00000122. The molecule has 1 aromatic rings. The number of aliphatic hydroxyl groups is 3. The average Bonchev–Trinajstić information content (AvgIpc) is 2.96. The monoisotopic (exact) mass is 557 g/mol. The van der Waals surface area contributed by atoms with E-state index in [4.69, 9.17) is 10.7 Å². The van der Waals surface area contributed by atoms with E-state index in [1.54, 1.807) is 6.92 Å². The van der Waals surface area contributed by atoms with Crippen LogP contribution >= 0.6 is 0 Å².